The molecule has 22 heavy (non-hydrogen) atoms. The number of ether oxygens (including phenoxy) is 1. The van der Waals surface area contributed by atoms with Gasteiger partial charge >= 0.3 is 5.97 Å². The molecule has 114 valence electrons. The van der Waals surface area contributed by atoms with Crippen LogP contribution in [0.1, 0.15) is 16.8 Å². The third-order valence-electron chi connectivity index (χ3n) is 3.53. The molecule has 1 amide bonds. The second-order valence-electron chi connectivity index (χ2n) is 5.13. The zero-order chi connectivity index (χ0) is 15.7. The zero-order valence-electron chi connectivity index (χ0n) is 12.2. The third kappa shape index (κ3) is 2.42. The fourth-order valence-corrected chi connectivity index (χ4v) is 3.15. The van der Waals surface area contributed by atoms with Crippen LogP contribution in [-0.4, -0.2) is 46.8 Å². The normalized spacial score (nSPS) is 23.5. The molecular weight excluding hydrogens is 302 g/mol. The SMILES string of the molecule is CN(C)C1(OC(=O)c2ccccc2)CC(=O)N=C2SC=CN21. The van der Waals surface area contributed by atoms with Gasteiger partial charge in [0, 0.05) is 6.20 Å². The molecule has 1 aromatic carbocycles. The second-order valence-corrected chi connectivity index (χ2v) is 6.00. The van der Waals surface area contributed by atoms with Crippen LogP contribution in [0.5, 0.6) is 0 Å². The summed E-state index contributed by atoms with van der Waals surface area (Å²) in [6.07, 6.45) is 1.75. The van der Waals surface area contributed by atoms with Gasteiger partial charge < -0.3 is 4.74 Å². The highest BCUT2D eigenvalue weighted by Gasteiger charge is 2.50. The van der Waals surface area contributed by atoms with E-state index in [2.05, 4.69) is 4.99 Å². The summed E-state index contributed by atoms with van der Waals surface area (Å²) in [5, 5.41) is 2.33. The standard InChI is InChI=1S/C15H15N3O3S/c1-17(2)15(21-13(20)11-6-4-3-5-7-11)10-12(19)16-14-18(15)8-9-22-14/h3-9H,10H2,1-2H3. The minimum atomic E-state index is -1.19. The summed E-state index contributed by atoms with van der Waals surface area (Å²) in [4.78, 5) is 31.9. The van der Waals surface area contributed by atoms with Gasteiger partial charge in [-0.05, 0) is 31.6 Å². The van der Waals surface area contributed by atoms with Gasteiger partial charge in [-0.1, -0.05) is 30.0 Å². The highest BCUT2D eigenvalue weighted by Crippen LogP contribution is 2.37. The lowest BCUT2D eigenvalue weighted by molar-refractivity contribution is -0.173. The summed E-state index contributed by atoms with van der Waals surface area (Å²) < 4.78 is 5.76. The number of amides is 1. The van der Waals surface area contributed by atoms with E-state index in [9.17, 15) is 9.59 Å². The number of hydrogen-bond acceptors (Lipinski definition) is 6. The summed E-state index contributed by atoms with van der Waals surface area (Å²) in [5.41, 5.74) is 0.441. The van der Waals surface area contributed by atoms with Gasteiger partial charge in [0.15, 0.2) is 5.17 Å². The Morgan fingerprint density at radius 3 is 2.77 bits per heavy atom. The topological polar surface area (TPSA) is 62.2 Å². The maximum atomic E-state index is 12.5. The van der Waals surface area contributed by atoms with E-state index in [4.69, 9.17) is 4.74 Å². The van der Waals surface area contributed by atoms with Gasteiger partial charge in [0.25, 0.3) is 11.8 Å². The molecule has 1 atom stereocenters. The summed E-state index contributed by atoms with van der Waals surface area (Å²) in [6.45, 7) is 0. The Labute approximate surface area is 132 Å². The molecular formula is C15H15N3O3S. The number of thioether (sulfide) groups is 1. The minimum Gasteiger partial charge on any atom is -0.420 e. The average molecular weight is 317 g/mol. The number of benzene rings is 1. The molecule has 0 aromatic heterocycles. The number of esters is 1. The molecule has 0 N–H and O–H groups in total. The Bertz CT molecular complexity index is 672. The van der Waals surface area contributed by atoms with Crippen LogP contribution in [0.4, 0.5) is 0 Å². The number of fused-ring (bicyclic) bond motifs is 1. The van der Waals surface area contributed by atoms with E-state index in [1.165, 1.54) is 11.8 Å². The van der Waals surface area contributed by atoms with Crippen molar-refractivity contribution in [2.45, 2.75) is 12.3 Å². The van der Waals surface area contributed by atoms with E-state index >= 15 is 0 Å². The molecule has 0 bridgehead atoms. The van der Waals surface area contributed by atoms with Crippen LogP contribution < -0.4 is 0 Å². The monoisotopic (exact) mass is 317 g/mol. The number of carbonyl (C=O) groups excluding carboxylic acids is 2. The van der Waals surface area contributed by atoms with Gasteiger partial charge in [-0.15, -0.1) is 0 Å². The van der Waals surface area contributed by atoms with Gasteiger partial charge in [0.05, 0.1) is 5.56 Å². The van der Waals surface area contributed by atoms with Gasteiger partial charge in [0.1, 0.15) is 6.42 Å². The molecule has 6 nitrogen and oxygen atoms in total. The molecule has 1 unspecified atom stereocenters. The van der Waals surface area contributed by atoms with Gasteiger partial charge in [0.2, 0.25) is 0 Å². The molecule has 0 saturated carbocycles. The van der Waals surface area contributed by atoms with Crippen molar-refractivity contribution in [3.8, 4) is 0 Å². The third-order valence-corrected chi connectivity index (χ3v) is 4.29. The van der Waals surface area contributed by atoms with Crippen LogP contribution in [0.25, 0.3) is 0 Å². The molecule has 0 fully saturated rings. The van der Waals surface area contributed by atoms with Crippen molar-refractivity contribution in [1.29, 1.82) is 0 Å². The molecule has 2 aliphatic rings. The summed E-state index contributed by atoms with van der Waals surface area (Å²) in [6, 6.07) is 8.72. The van der Waals surface area contributed by atoms with Crippen LogP contribution in [-0.2, 0) is 9.53 Å². The summed E-state index contributed by atoms with van der Waals surface area (Å²) >= 11 is 1.33. The summed E-state index contributed by atoms with van der Waals surface area (Å²) in [5.74, 6) is -1.98. The molecule has 2 aliphatic heterocycles. The Morgan fingerprint density at radius 1 is 1.36 bits per heavy atom. The van der Waals surface area contributed by atoms with Crippen molar-refractivity contribution in [3.05, 3.63) is 47.5 Å². The first-order valence-electron chi connectivity index (χ1n) is 6.73. The van der Waals surface area contributed by atoms with Crippen LogP contribution in [0, 0.1) is 0 Å². The Balaban J connectivity index is 1.96. The maximum absolute atomic E-state index is 12.5. The molecule has 0 saturated heterocycles. The molecule has 0 aliphatic carbocycles. The quantitative estimate of drug-likeness (QED) is 0.626. The molecule has 7 heteroatoms. The largest absolute Gasteiger partial charge is 0.420 e. The first kappa shape index (κ1) is 14.8. The van der Waals surface area contributed by atoms with Crippen molar-refractivity contribution >= 4 is 28.8 Å². The number of aliphatic imine (C=N–C) groups is 1. The van der Waals surface area contributed by atoms with E-state index in [-0.39, 0.29) is 12.3 Å². The van der Waals surface area contributed by atoms with Crippen LogP contribution in [0.15, 0.2) is 46.9 Å². The highest BCUT2D eigenvalue weighted by atomic mass is 32.2. The predicted octanol–water partition coefficient (Wildman–Crippen LogP) is 1.87. The zero-order valence-corrected chi connectivity index (χ0v) is 13.0. The molecule has 1 aromatic rings. The van der Waals surface area contributed by atoms with E-state index in [1.807, 2.05) is 11.5 Å². The van der Waals surface area contributed by atoms with Crippen LogP contribution in [0.3, 0.4) is 0 Å². The van der Waals surface area contributed by atoms with Gasteiger partial charge in [-0.25, -0.2) is 4.79 Å². The Kier molecular flexibility index (Phi) is 3.76. The van der Waals surface area contributed by atoms with E-state index in [0.717, 1.165) is 0 Å². The van der Waals surface area contributed by atoms with E-state index < -0.39 is 11.8 Å². The number of carbonyl (C=O) groups is 2. The van der Waals surface area contributed by atoms with E-state index in [0.29, 0.717) is 10.7 Å². The number of rotatable bonds is 3. The maximum Gasteiger partial charge on any atom is 0.341 e. The van der Waals surface area contributed by atoms with Crippen LogP contribution >= 0.6 is 11.8 Å². The van der Waals surface area contributed by atoms with E-state index in [1.54, 1.807) is 54.4 Å². The Hall–Kier alpha value is -2.12. The number of nitrogens with zero attached hydrogens (tertiary/aromatic N) is 3. The fraction of sp³-hybridized carbons (Fsp3) is 0.267. The van der Waals surface area contributed by atoms with Crippen molar-refractivity contribution in [2.24, 2.45) is 4.99 Å². The minimum absolute atomic E-state index is 0.0209. The first-order valence-corrected chi connectivity index (χ1v) is 7.61. The number of amidine groups is 1. The average Bonchev–Trinajstić information content (AvgIpc) is 2.96. The lowest BCUT2D eigenvalue weighted by Gasteiger charge is -2.45. The smallest absolute Gasteiger partial charge is 0.341 e. The molecule has 0 radical (unpaired) electrons. The highest BCUT2D eigenvalue weighted by molar-refractivity contribution is 8.16. The van der Waals surface area contributed by atoms with Gasteiger partial charge in [-0.2, -0.15) is 4.99 Å². The number of hydrogen-bond donors (Lipinski definition) is 0. The summed E-state index contributed by atoms with van der Waals surface area (Å²) in [7, 11) is 3.54. The van der Waals surface area contributed by atoms with Crippen LogP contribution in [0.2, 0.25) is 0 Å². The van der Waals surface area contributed by atoms with Crippen molar-refractivity contribution in [3.63, 3.8) is 0 Å². The fourth-order valence-electron chi connectivity index (χ4n) is 2.38. The Morgan fingerprint density at radius 2 is 2.09 bits per heavy atom. The lowest BCUT2D eigenvalue weighted by atomic mass is 10.1. The van der Waals surface area contributed by atoms with Gasteiger partial charge in [-0.3, -0.25) is 14.6 Å². The molecule has 0 spiro atoms. The van der Waals surface area contributed by atoms with Crippen molar-refractivity contribution in [2.75, 3.05) is 14.1 Å². The first-order chi connectivity index (χ1) is 10.5. The molecule has 2 heterocycles. The molecule has 3 rings (SSSR count). The second kappa shape index (κ2) is 5.58. The van der Waals surface area contributed by atoms with Crippen molar-refractivity contribution < 1.29 is 14.3 Å². The lowest BCUT2D eigenvalue weighted by Crippen LogP contribution is -2.62. The predicted molar refractivity (Wildman–Crippen MR) is 83.9 cm³/mol. The van der Waals surface area contributed by atoms with Crippen molar-refractivity contribution in [1.82, 2.24) is 9.80 Å².